The van der Waals surface area contributed by atoms with Crippen LogP contribution in [-0.2, 0) is 15.1 Å². The van der Waals surface area contributed by atoms with Crippen molar-refractivity contribution in [3.8, 4) is 0 Å². The quantitative estimate of drug-likeness (QED) is 0.556. The Kier molecular flexibility index (Phi) is 2.35. The number of benzene rings is 1. The van der Waals surface area contributed by atoms with Gasteiger partial charge in [0.2, 0.25) is 0 Å². The molecule has 0 N–H and O–H groups in total. The molecule has 0 unspecified atom stereocenters. The molecule has 0 aliphatic heterocycles. The monoisotopic (exact) mass is 202 g/mol. The van der Waals surface area contributed by atoms with Gasteiger partial charge in [-0.15, -0.1) is 0 Å². The number of ether oxygens (including phenoxy) is 1. The van der Waals surface area contributed by atoms with E-state index in [1.165, 1.54) is 0 Å². The van der Waals surface area contributed by atoms with E-state index in [9.17, 15) is 4.79 Å². The Morgan fingerprint density at radius 1 is 1.33 bits per heavy atom. The van der Waals surface area contributed by atoms with E-state index in [0.717, 1.165) is 18.4 Å². The summed E-state index contributed by atoms with van der Waals surface area (Å²) in [6.07, 6.45) is 1.83. The van der Waals surface area contributed by atoms with Crippen LogP contribution in [-0.4, -0.2) is 5.97 Å². The standard InChI is InChI=1S/C13H14O2/c1-10(2)12(14)15-13(8-9-13)11-6-4-3-5-7-11/h3-7H,1,8-9H2,2H3. The zero-order chi connectivity index (χ0) is 10.9. The van der Waals surface area contributed by atoms with Gasteiger partial charge in [-0.05, 0) is 25.3 Å². The van der Waals surface area contributed by atoms with E-state index in [2.05, 4.69) is 6.58 Å². The Morgan fingerprint density at radius 3 is 2.40 bits per heavy atom. The lowest BCUT2D eigenvalue weighted by Crippen LogP contribution is -2.17. The molecule has 0 bridgehead atoms. The second-order valence-electron chi connectivity index (χ2n) is 4.03. The van der Waals surface area contributed by atoms with Crippen LogP contribution in [0.15, 0.2) is 42.5 Å². The van der Waals surface area contributed by atoms with Gasteiger partial charge in [0.05, 0.1) is 0 Å². The van der Waals surface area contributed by atoms with E-state index in [1.807, 2.05) is 30.3 Å². The van der Waals surface area contributed by atoms with Gasteiger partial charge in [-0.1, -0.05) is 36.9 Å². The average Bonchev–Trinajstić information content (AvgIpc) is 3.00. The predicted molar refractivity (Wildman–Crippen MR) is 58.3 cm³/mol. The van der Waals surface area contributed by atoms with Gasteiger partial charge in [-0.25, -0.2) is 4.79 Å². The molecule has 2 nitrogen and oxygen atoms in total. The Balaban J connectivity index is 2.15. The van der Waals surface area contributed by atoms with Gasteiger partial charge in [0.15, 0.2) is 0 Å². The smallest absolute Gasteiger partial charge is 0.333 e. The number of carbonyl (C=O) groups is 1. The molecule has 1 aliphatic carbocycles. The molecule has 1 aromatic rings. The molecule has 0 spiro atoms. The first-order chi connectivity index (χ1) is 7.14. The molecular weight excluding hydrogens is 188 g/mol. The fourth-order valence-corrected chi connectivity index (χ4v) is 1.57. The van der Waals surface area contributed by atoms with Crippen molar-refractivity contribution >= 4 is 5.97 Å². The summed E-state index contributed by atoms with van der Waals surface area (Å²) in [6.45, 7) is 5.26. The average molecular weight is 202 g/mol. The number of hydrogen-bond donors (Lipinski definition) is 0. The highest BCUT2D eigenvalue weighted by Gasteiger charge is 2.48. The normalized spacial score (nSPS) is 16.9. The Morgan fingerprint density at radius 2 is 1.93 bits per heavy atom. The zero-order valence-corrected chi connectivity index (χ0v) is 8.82. The van der Waals surface area contributed by atoms with Gasteiger partial charge in [-0.2, -0.15) is 0 Å². The van der Waals surface area contributed by atoms with Crippen molar-refractivity contribution in [3.05, 3.63) is 48.0 Å². The van der Waals surface area contributed by atoms with E-state index in [0.29, 0.717) is 5.57 Å². The Hall–Kier alpha value is -1.57. The summed E-state index contributed by atoms with van der Waals surface area (Å²) in [5.41, 5.74) is 1.17. The molecule has 0 atom stereocenters. The van der Waals surface area contributed by atoms with Gasteiger partial charge in [0.25, 0.3) is 0 Å². The fourth-order valence-electron chi connectivity index (χ4n) is 1.57. The van der Waals surface area contributed by atoms with E-state index in [-0.39, 0.29) is 11.6 Å². The topological polar surface area (TPSA) is 26.3 Å². The van der Waals surface area contributed by atoms with Crippen LogP contribution in [0.1, 0.15) is 25.3 Å². The molecule has 78 valence electrons. The third-order valence-electron chi connectivity index (χ3n) is 2.64. The SMILES string of the molecule is C=C(C)C(=O)OC1(c2ccccc2)CC1. The minimum absolute atomic E-state index is 0.295. The summed E-state index contributed by atoms with van der Waals surface area (Å²) in [4.78, 5) is 11.5. The van der Waals surface area contributed by atoms with Crippen molar-refractivity contribution in [1.82, 2.24) is 0 Å². The highest BCUT2D eigenvalue weighted by molar-refractivity contribution is 5.87. The minimum Gasteiger partial charge on any atom is -0.451 e. The maximum Gasteiger partial charge on any atom is 0.333 e. The summed E-state index contributed by atoms with van der Waals surface area (Å²) in [7, 11) is 0. The van der Waals surface area contributed by atoms with Crippen LogP contribution in [0.4, 0.5) is 0 Å². The third kappa shape index (κ3) is 1.94. The van der Waals surface area contributed by atoms with Gasteiger partial charge in [-0.3, -0.25) is 0 Å². The predicted octanol–water partition coefficient (Wildman–Crippen LogP) is 2.80. The van der Waals surface area contributed by atoms with Crippen LogP contribution >= 0.6 is 0 Å². The summed E-state index contributed by atoms with van der Waals surface area (Å²) < 4.78 is 5.46. The Bertz CT molecular complexity index is 388. The first-order valence-corrected chi connectivity index (χ1v) is 5.08. The largest absolute Gasteiger partial charge is 0.451 e. The zero-order valence-electron chi connectivity index (χ0n) is 8.82. The van der Waals surface area contributed by atoms with Crippen LogP contribution in [0, 0.1) is 0 Å². The van der Waals surface area contributed by atoms with Crippen LogP contribution < -0.4 is 0 Å². The van der Waals surface area contributed by atoms with Crippen molar-refractivity contribution in [2.45, 2.75) is 25.4 Å². The molecule has 1 aromatic carbocycles. The number of rotatable bonds is 3. The third-order valence-corrected chi connectivity index (χ3v) is 2.64. The lowest BCUT2D eigenvalue weighted by molar-refractivity contribution is -0.146. The number of carbonyl (C=O) groups excluding carboxylic acids is 1. The van der Waals surface area contributed by atoms with E-state index in [4.69, 9.17) is 4.74 Å². The molecule has 0 aromatic heterocycles. The first-order valence-electron chi connectivity index (χ1n) is 5.08. The molecule has 1 saturated carbocycles. The lowest BCUT2D eigenvalue weighted by Gasteiger charge is -2.16. The molecule has 1 aliphatic rings. The van der Waals surface area contributed by atoms with Crippen molar-refractivity contribution in [3.63, 3.8) is 0 Å². The molecule has 0 heterocycles. The van der Waals surface area contributed by atoms with Crippen LogP contribution in [0.2, 0.25) is 0 Å². The van der Waals surface area contributed by atoms with Crippen molar-refractivity contribution in [1.29, 1.82) is 0 Å². The molecular formula is C13H14O2. The summed E-state index contributed by atoms with van der Waals surface area (Å²) >= 11 is 0. The van der Waals surface area contributed by atoms with Gasteiger partial charge in [0.1, 0.15) is 5.60 Å². The summed E-state index contributed by atoms with van der Waals surface area (Å²) in [5.74, 6) is -0.295. The van der Waals surface area contributed by atoms with Crippen molar-refractivity contribution < 1.29 is 9.53 Å². The second-order valence-corrected chi connectivity index (χ2v) is 4.03. The van der Waals surface area contributed by atoms with Crippen molar-refractivity contribution in [2.75, 3.05) is 0 Å². The van der Waals surface area contributed by atoms with Gasteiger partial charge in [0, 0.05) is 5.57 Å². The fraction of sp³-hybridized carbons (Fsp3) is 0.308. The van der Waals surface area contributed by atoms with E-state index in [1.54, 1.807) is 6.92 Å². The molecule has 0 saturated heterocycles. The minimum atomic E-state index is -0.364. The maximum atomic E-state index is 11.5. The summed E-state index contributed by atoms with van der Waals surface area (Å²) in [6, 6.07) is 9.88. The molecule has 0 radical (unpaired) electrons. The molecule has 2 heteroatoms. The Labute approximate surface area is 89.6 Å². The number of esters is 1. The molecule has 1 fully saturated rings. The summed E-state index contributed by atoms with van der Waals surface area (Å²) in [5, 5.41) is 0. The lowest BCUT2D eigenvalue weighted by atomic mass is 10.1. The van der Waals surface area contributed by atoms with Crippen molar-refractivity contribution in [2.24, 2.45) is 0 Å². The highest BCUT2D eigenvalue weighted by Crippen LogP contribution is 2.49. The maximum absolute atomic E-state index is 11.5. The van der Waals surface area contributed by atoms with Crippen LogP contribution in [0.5, 0.6) is 0 Å². The van der Waals surface area contributed by atoms with Crippen LogP contribution in [0.3, 0.4) is 0 Å². The van der Waals surface area contributed by atoms with E-state index >= 15 is 0 Å². The highest BCUT2D eigenvalue weighted by atomic mass is 16.6. The molecule has 0 amide bonds. The number of hydrogen-bond acceptors (Lipinski definition) is 2. The molecule has 2 rings (SSSR count). The second kappa shape index (κ2) is 3.54. The molecule has 15 heavy (non-hydrogen) atoms. The van der Waals surface area contributed by atoms with Gasteiger partial charge >= 0.3 is 5.97 Å². The van der Waals surface area contributed by atoms with Crippen LogP contribution in [0.25, 0.3) is 0 Å². The van der Waals surface area contributed by atoms with Gasteiger partial charge < -0.3 is 4.74 Å². The first kappa shape index (κ1) is 9.97. The van der Waals surface area contributed by atoms with E-state index < -0.39 is 0 Å².